The highest BCUT2D eigenvalue weighted by molar-refractivity contribution is 7.13. The van der Waals surface area contributed by atoms with Crippen molar-refractivity contribution in [2.24, 2.45) is 0 Å². The standard InChI is InChI=1S/C22H23N5OS/c1-13-12-29-22(23-13)25-19(28)11-10-18-14(2)20-16(4)26-27(21(20)24-15(18)3)17-8-6-5-7-9-17/h5-9,12H,10-11H2,1-4H3,(H,23,25,28). The number of hydrogen-bond donors (Lipinski definition) is 1. The van der Waals surface area contributed by atoms with E-state index in [9.17, 15) is 4.79 Å². The molecule has 4 rings (SSSR count). The molecule has 1 N–H and O–H groups in total. The summed E-state index contributed by atoms with van der Waals surface area (Å²) >= 11 is 1.44. The molecule has 6 nitrogen and oxygen atoms in total. The van der Waals surface area contributed by atoms with Gasteiger partial charge in [-0.15, -0.1) is 11.3 Å². The molecule has 0 spiro atoms. The van der Waals surface area contributed by atoms with Gasteiger partial charge in [0, 0.05) is 22.9 Å². The van der Waals surface area contributed by atoms with Crippen LogP contribution in [0.5, 0.6) is 0 Å². The Labute approximate surface area is 173 Å². The lowest BCUT2D eigenvalue weighted by Gasteiger charge is -2.11. The largest absolute Gasteiger partial charge is 0.302 e. The van der Waals surface area contributed by atoms with Crippen molar-refractivity contribution in [1.29, 1.82) is 0 Å². The van der Waals surface area contributed by atoms with Crippen LogP contribution in [0.1, 0.15) is 34.6 Å². The Kier molecular flexibility index (Phi) is 5.15. The molecule has 7 heteroatoms. The number of rotatable bonds is 5. The lowest BCUT2D eigenvalue weighted by molar-refractivity contribution is -0.116. The number of aryl methyl sites for hydroxylation is 4. The molecule has 1 amide bonds. The highest BCUT2D eigenvalue weighted by Gasteiger charge is 2.18. The molecule has 0 aliphatic carbocycles. The number of thiazole rings is 1. The lowest BCUT2D eigenvalue weighted by atomic mass is 9.99. The molecule has 0 unspecified atom stereocenters. The molecule has 0 saturated heterocycles. The van der Waals surface area contributed by atoms with Crippen LogP contribution in [0.15, 0.2) is 35.7 Å². The second-order valence-electron chi connectivity index (χ2n) is 7.17. The van der Waals surface area contributed by atoms with Gasteiger partial charge in [0.25, 0.3) is 0 Å². The summed E-state index contributed by atoms with van der Waals surface area (Å²) in [5.41, 5.74) is 6.89. The Morgan fingerprint density at radius 3 is 2.52 bits per heavy atom. The molecule has 0 fully saturated rings. The number of benzene rings is 1. The first kappa shape index (κ1) is 19.3. The van der Waals surface area contributed by atoms with Crippen molar-refractivity contribution in [2.45, 2.75) is 40.5 Å². The molecule has 148 valence electrons. The van der Waals surface area contributed by atoms with E-state index >= 15 is 0 Å². The maximum Gasteiger partial charge on any atom is 0.226 e. The van der Waals surface area contributed by atoms with Crippen LogP contribution in [0.25, 0.3) is 16.7 Å². The Bertz CT molecular complexity index is 1190. The van der Waals surface area contributed by atoms with E-state index in [1.807, 2.05) is 61.2 Å². The van der Waals surface area contributed by atoms with Crippen molar-refractivity contribution >= 4 is 33.4 Å². The van der Waals surface area contributed by atoms with Gasteiger partial charge in [-0.3, -0.25) is 4.79 Å². The third-order valence-corrected chi connectivity index (χ3v) is 5.92. The van der Waals surface area contributed by atoms with Gasteiger partial charge in [0.15, 0.2) is 10.8 Å². The quantitative estimate of drug-likeness (QED) is 0.523. The van der Waals surface area contributed by atoms with E-state index in [0.29, 0.717) is 18.0 Å². The zero-order valence-electron chi connectivity index (χ0n) is 17.0. The van der Waals surface area contributed by atoms with Crippen molar-refractivity contribution in [1.82, 2.24) is 19.7 Å². The minimum Gasteiger partial charge on any atom is -0.302 e. The Balaban J connectivity index is 1.62. The maximum atomic E-state index is 12.4. The number of anilines is 1. The van der Waals surface area contributed by atoms with Crippen LogP contribution in [0.2, 0.25) is 0 Å². The van der Waals surface area contributed by atoms with Crippen LogP contribution in [-0.2, 0) is 11.2 Å². The number of fused-ring (bicyclic) bond motifs is 1. The predicted octanol–water partition coefficient (Wildman–Crippen LogP) is 4.68. The average molecular weight is 406 g/mol. The van der Waals surface area contributed by atoms with Crippen LogP contribution < -0.4 is 5.32 Å². The van der Waals surface area contributed by atoms with Gasteiger partial charge in [0.05, 0.1) is 17.1 Å². The van der Waals surface area contributed by atoms with Crippen LogP contribution >= 0.6 is 11.3 Å². The summed E-state index contributed by atoms with van der Waals surface area (Å²) in [5, 5.41) is 11.2. The van der Waals surface area contributed by atoms with Gasteiger partial charge >= 0.3 is 0 Å². The molecule has 0 atom stereocenters. The molecular weight excluding hydrogens is 382 g/mol. The zero-order valence-corrected chi connectivity index (χ0v) is 17.8. The fourth-order valence-corrected chi connectivity index (χ4v) is 4.36. The molecule has 1 aromatic carbocycles. The van der Waals surface area contributed by atoms with Crippen molar-refractivity contribution in [2.75, 3.05) is 5.32 Å². The average Bonchev–Trinajstić information content (AvgIpc) is 3.25. The molecule has 0 aliphatic heterocycles. The van der Waals surface area contributed by atoms with Crippen LogP contribution in [-0.4, -0.2) is 25.7 Å². The summed E-state index contributed by atoms with van der Waals surface area (Å²) in [4.78, 5) is 21.5. The Hall–Kier alpha value is -3.06. The normalized spacial score (nSPS) is 11.2. The van der Waals surface area contributed by atoms with E-state index < -0.39 is 0 Å². The maximum absolute atomic E-state index is 12.4. The van der Waals surface area contributed by atoms with Crippen molar-refractivity contribution < 1.29 is 4.79 Å². The monoisotopic (exact) mass is 405 g/mol. The number of hydrogen-bond acceptors (Lipinski definition) is 5. The predicted molar refractivity (Wildman–Crippen MR) is 117 cm³/mol. The van der Waals surface area contributed by atoms with Crippen molar-refractivity contribution in [3.05, 3.63) is 63.9 Å². The van der Waals surface area contributed by atoms with E-state index in [2.05, 4.69) is 17.2 Å². The summed E-state index contributed by atoms with van der Waals surface area (Å²) in [6.45, 7) is 8.02. The molecular formula is C22H23N5OS. The molecule has 0 saturated carbocycles. The highest BCUT2D eigenvalue weighted by atomic mass is 32.1. The second kappa shape index (κ2) is 7.75. The van der Waals surface area contributed by atoms with E-state index in [1.54, 1.807) is 0 Å². The topological polar surface area (TPSA) is 72.7 Å². The number of nitrogens with one attached hydrogen (secondary N) is 1. The smallest absolute Gasteiger partial charge is 0.226 e. The van der Waals surface area contributed by atoms with E-state index in [-0.39, 0.29) is 5.91 Å². The Morgan fingerprint density at radius 1 is 1.07 bits per heavy atom. The number of aromatic nitrogens is 4. The molecule has 0 aliphatic rings. The summed E-state index contributed by atoms with van der Waals surface area (Å²) in [7, 11) is 0. The first-order chi connectivity index (χ1) is 13.9. The highest BCUT2D eigenvalue weighted by Crippen LogP contribution is 2.28. The Morgan fingerprint density at radius 2 is 1.83 bits per heavy atom. The SMILES string of the molecule is Cc1csc(NC(=O)CCc2c(C)nc3c(c(C)nn3-c3ccccc3)c2C)n1. The molecule has 3 aromatic heterocycles. The van der Waals surface area contributed by atoms with E-state index in [1.165, 1.54) is 11.3 Å². The molecule has 29 heavy (non-hydrogen) atoms. The van der Waals surface area contributed by atoms with Gasteiger partial charge in [-0.1, -0.05) is 18.2 Å². The minimum atomic E-state index is -0.0325. The summed E-state index contributed by atoms with van der Waals surface area (Å²) < 4.78 is 1.89. The molecule has 4 aromatic rings. The van der Waals surface area contributed by atoms with Gasteiger partial charge in [0.2, 0.25) is 5.91 Å². The molecule has 0 radical (unpaired) electrons. The van der Waals surface area contributed by atoms with Crippen LogP contribution in [0.3, 0.4) is 0 Å². The number of carbonyl (C=O) groups excluding carboxylic acids is 1. The van der Waals surface area contributed by atoms with Gasteiger partial charge in [-0.2, -0.15) is 5.10 Å². The number of nitrogens with zero attached hydrogens (tertiary/aromatic N) is 4. The third-order valence-electron chi connectivity index (χ3n) is 5.04. The van der Waals surface area contributed by atoms with Gasteiger partial charge < -0.3 is 5.32 Å². The number of pyridine rings is 1. The summed E-state index contributed by atoms with van der Waals surface area (Å²) in [6, 6.07) is 10.0. The van der Waals surface area contributed by atoms with E-state index in [0.717, 1.165) is 44.9 Å². The number of amides is 1. The summed E-state index contributed by atoms with van der Waals surface area (Å²) in [5.74, 6) is -0.0325. The second-order valence-corrected chi connectivity index (χ2v) is 8.03. The minimum absolute atomic E-state index is 0.0325. The third kappa shape index (κ3) is 3.78. The van der Waals surface area contributed by atoms with Crippen LogP contribution in [0.4, 0.5) is 5.13 Å². The number of carbonyl (C=O) groups is 1. The van der Waals surface area contributed by atoms with Gasteiger partial charge in [0.1, 0.15) is 0 Å². The van der Waals surface area contributed by atoms with Gasteiger partial charge in [-0.05, 0) is 57.4 Å². The first-order valence-electron chi connectivity index (χ1n) is 9.57. The fraction of sp³-hybridized carbons (Fsp3) is 0.273. The zero-order chi connectivity index (χ0) is 20.5. The molecule has 3 heterocycles. The molecule has 0 bridgehead atoms. The van der Waals surface area contributed by atoms with E-state index in [4.69, 9.17) is 10.1 Å². The summed E-state index contributed by atoms with van der Waals surface area (Å²) in [6.07, 6.45) is 1.02. The van der Waals surface area contributed by atoms with Gasteiger partial charge in [-0.25, -0.2) is 14.6 Å². The van der Waals surface area contributed by atoms with Crippen LogP contribution in [0, 0.1) is 27.7 Å². The van der Waals surface area contributed by atoms with Crippen molar-refractivity contribution in [3.8, 4) is 5.69 Å². The number of para-hydroxylation sites is 1. The fourth-order valence-electron chi connectivity index (χ4n) is 3.66. The first-order valence-corrected chi connectivity index (χ1v) is 10.4. The van der Waals surface area contributed by atoms with Crippen molar-refractivity contribution in [3.63, 3.8) is 0 Å². The lowest BCUT2D eigenvalue weighted by Crippen LogP contribution is -2.13.